The van der Waals surface area contributed by atoms with Gasteiger partial charge in [-0.1, -0.05) is 6.07 Å². The molecule has 124 valence electrons. The number of rotatable bonds is 2. The summed E-state index contributed by atoms with van der Waals surface area (Å²) in [5, 5.41) is 0. The van der Waals surface area contributed by atoms with Gasteiger partial charge in [0.1, 0.15) is 5.82 Å². The van der Waals surface area contributed by atoms with Crippen molar-refractivity contribution in [1.29, 1.82) is 0 Å². The summed E-state index contributed by atoms with van der Waals surface area (Å²) in [5.41, 5.74) is 1.45. The van der Waals surface area contributed by atoms with Crippen LogP contribution in [0.1, 0.15) is 10.4 Å². The molecule has 0 N–H and O–H groups in total. The van der Waals surface area contributed by atoms with Gasteiger partial charge in [-0.15, -0.1) is 0 Å². The van der Waals surface area contributed by atoms with Gasteiger partial charge in [-0.3, -0.25) is 4.79 Å². The van der Waals surface area contributed by atoms with Gasteiger partial charge in [0, 0.05) is 43.5 Å². The van der Waals surface area contributed by atoms with Crippen molar-refractivity contribution in [3.63, 3.8) is 0 Å². The highest BCUT2D eigenvalue weighted by atomic mass is 19.1. The van der Waals surface area contributed by atoms with Crippen LogP contribution in [0.5, 0.6) is 11.5 Å². The molecular formula is C18H17FN2O3. The van der Waals surface area contributed by atoms with Gasteiger partial charge in [0.05, 0.1) is 0 Å². The minimum absolute atomic E-state index is 0.125. The number of carbonyl (C=O) groups is 1. The Hall–Kier alpha value is -2.76. The summed E-state index contributed by atoms with van der Waals surface area (Å²) in [6.07, 6.45) is 0. The number of piperazine rings is 1. The van der Waals surface area contributed by atoms with Crippen molar-refractivity contribution >= 4 is 11.6 Å². The molecule has 1 fully saturated rings. The largest absolute Gasteiger partial charge is 0.454 e. The number of anilines is 1. The second-order valence-electron chi connectivity index (χ2n) is 5.83. The summed E-state index contributed by atoms with van der Waals surface area (Å²) < 4.78 is 24.0. The first-order valence-corrected chi connectivity index (χ1v) is 7.90. The van der Waals surface area contributed by atoms with Gasteiger partial charge in [0.15, 0.2) is 11.5 Å². The van der Waals surface area contributed by atoms with Gasteiger partial charge in [0.25, 0.3) is 5.91 Å². The molecule has 0 saturated carbocycles. The maximum atomic E-state index is 13.3. The van der Waals surface area contributed by atoms with Crippen LogP contribution in [0.2, 0.25) is 0 Å². The van der Waals surface area contributed by atoms with E-state index >= 15 is 0 Å². The summed E-state index contributed by atoms with van der Waals surface area (Å²) >= 11 is 0. The van der Waals surface area contributed by atoms with Crippen molar-refractivity contribution < 1.29 is 18.7 Å². The van der Waals surface area contributed by atoms with Crippen molar-refractivity contribution in [3.05, 3.63) is 53.8 Å². The molecule has 0 spiro atoms. The quantitative estimate of drug-likeness (QED) is 0.849. The van der Waals surface area contributed by atoms with E-state index in [1.165, 1.54) is 12.1 Å². The average molecular weight is 328 g/mol. The van der Waals surface area contributed by atoms with Gasteiger partial charge < -0.3 is 19.3 Å². The van der Waals surface area contributed by atoms with E-state index in [9.17, 15) is 9.18 Å². The van der Waals surface area contributed by atoms with Gasteiger partial charge >= 0.3 is 0 Å². The minimum atomic E-state index is -0.389. The highest BCUT2D eigenvalue weighted by molar-refractivity contribution is 5.94. The molecule has 2 aliphatic heterocycles. The van der Waals surface area contributed by atoms with Crippen molar-refractivity contribution in [2.24, 2.45) is 0 Å². The number of amides is 1. The minimum Gasteiger partial charge on any atom is -0.454 e. The third-order valence-corrected chi connectivity index (χ3v) is 4.36. The Kier molecular flexibility index (Phi) is 3.72. The van der Waals surface area contributed by atoms with Crippen LogP contribution in [0.4, 0.5) is 10.1 Å². The summed E-state index contributed by atoms with van der Waals surface area (Å²) in [5.74, 6) is 1.00. The van der Waals surface area contributed by atoms with Crippen molar-refractivity contribution in [3.8, 4) is 11.5 Å². The monoisotopic (exact) mass is 328 g/mol. The van der Waals surface area contributed by atoms with E-state index in [0.29, 0.717) is 18.7 Å². The predicted octanol–water partition coefficient (Wildman–Crippen LogP) is 2.52. The Morgan fingerprint density at radius 2 is 1.75 bits per heavy atom. The number of hydrogen-bond donors (Lipinski definition) is 0. The van der Waals surface area contributed by atoms with Crippen LogP contribution in [0.25, 0.3) is 0 Å². The third kappa shape index (κ3) is 2.75. The van der Waals surface area contributed by atoms with Gasteiger partial charge in [-0.2, -0.15) is 0 Å². The second-order valence-corrected chi connectivity index (χ2v) is 5.83. The molecule has 1 saturated heterocycles. The number of halogens is 1. The lowest BCUT2D eigenvalue weighted by Gasteiger charge is -2.36. The number of benzene rings is 2. The van der Waals surface area contributed by atoms with Crippen LogP contribution in [0.3, 0.4) is 0 Å². The smallest absolute Gasteiger partial charge is 0.254 e. The normalized spacial score (nSPS) is 16.4. The first kappa shape index (κ1) is 14.8. The molecule has 2 aromatic carbocycles. The van der Waals surface area contributed by atoms with Crippen LogP contribution in [-0.2, 0) is 0 Å². The van der Waals surface area contributed by atoms with Gasteiger partial charge in [-0.05, 0) is 30.3 Å². The van der Waals surface area contributed by atoms with Crippen LogP contribution < -0.4 is 14.4 Å². The first-order valence-electron chi connectivity index (χ1n) is 7.90. The fraction of sp³-hybridized carbons (Fsp3) is 0.278. The number of fused-ring (bicyclic) bond motifs is 1. The van der Waals surface area contributed by atoms with E-state index < -0.39 is 0 Å². The molecule has 5 nitrogen and oxygen atoms in total. The van der Waals surface area contributed by atoms with E-state index in [1.54, 1.807) is 17.0 Å². The maximum Gasteiger partial charge on any atom is 0.254 e. The van der Waals surface area contributed by atoms with Crippen LogP contribution in [0.15, 0.2) is 42.5 Å². The second kappa shape index (κ2) is 6.03. The molecule has 2 aromatic rings. The predicted molar refractivity (Wildman–Crippen MR) is 87.1 cm³/mol. The first-order chi connectivity index (χ1) is 11.7. The molecule has 1 amide bonds. The zero-order chi connectivity index (χ0) is 16.5. The molecule has 0 aromatic heterocycles. The van der Waals surface area contributed by atoms with Gasteiger partial charge in [-0.25, -0.2) is 4.39 Å². The topological polar surface area (TPSA) is 42.0 Å². The zero-order valence-corrected chi connectivity index (χ0v) is 13.1. The summed E-state index contributed by atoms with van der Waals surface area (Å²) in [6.45, 7) is 2.91. The molecule has 2 heterocycles. The van der Waals surface area contributed by atoms with Crippen molar-refractivity contribution in [1.82, 2.24) is 4.90 Å². The lowest BCUT2D eigenvalue weighted by atomic mass is 10.1. The molecule has 0 bridgehead atoms. The van der Waals surface area contributed by atoms with Crippen LogP contribution in [0, 0.1) is 5.82 Å². The Morgan fingerprint density at radius 3 is 2.54 bits per heavy atom. The molecule has 0 radical (unpaired) electrons. The molecule has 24 heavy (non-hydrogen) atoms. The SMILES string of the molecule is O=C(c1cccc(F)c1)N1CCN(c2ccc3c(c2)OCO3)CC1. The number of ether oxygens (including phenoxy) is 2. The summed E-state index contributed by atoms with van der Waals surface area (Å²) in [6, 6.07) is 11.7. The van der Waals surface area contributed by atoms with Crippen molar-refractivity contribution in [2.45, 2.75) is 0 Å². The molecular weight excluding hydrogens is 311 g/mol. The van der Waals surface area contributed by atoms with Crippen molar-refractivity contribution in [2.75, 3.05) is 37.9 Å². The highest BCUT2D eigenvalue weighted by Crippen LogP contribution is 2.35. The molecule has 0 unspecified atom stereocenters. The highest BCUT2D eigenvalue weighted by Gasteiger charge is 2.24. The summed E-state index contributed by atoms with van der Waals surface area (Å²) in [4.78, 5) is 16.4. The van der Waals surface area contributed by atoms with E-state index in [2.05, 4.69) is 4.90 Å². The number of carbonyl (C=O) groups excluding carboxylic acids is 1. The number of nitrogens with zero attached hydrogens (tertiary/aromatic N) is 2. The van der Waals surface area contributed by atoms with Gasteiger partial charge in [0.2, 0.25) is 6.79 Å². The Morgan fingerprint density at radius 1 is 0.958 bits per heavy atom. The maximum absolute atomic E-state index is 13.3. The molecule has 2 aliphatic rings. The lowest BCUT2D eigenvalue weighted by molar-refractivity contribution is 0.0746. The van der Waals surface area contributed by atoms with Crippen LogP contribution in [-0.4, -0.2) is 43.8 Å². The molecule has 4 rings (SSSR count). The Bertz CT molecular complexity index is 773. The average Bonchev–Trinajstić information content (AvgIpc) is 3.09. The van der Waals surface area contributed by atoms with E-state index in [0.717, 1.165) is 30.3 Å². The standard InChI is InChI=1S/C18H17FN2O3/c19-14-3-1-2-13(10-14)18(22)21-8-6-20(7-9-21)15-4-5-16-17(11-15)24-12-23-16/h1-5,10-11H,6-9,12H2. The Labute approximate surface area is 139 Å². The fourth-order valence-corrected chi connectivity index (χ4v) is 3.05. The fourth-order valence-electron chi connectivity index (χ4n) is 3.05. The van der Waals surface area contributed by atoms with E-state index in [1.807, 2.05) is 18.2 Å². The van der Waals surface area contributed by atoms with E-state index in [4.69, 9.17) is 9.47 Å². The molecule has 0 aliphatic carbocycles. The molecule has 6 heteroatoms. The van der Waals surface area contributed by atoms with E-state index in [-0.39, 0.29) is 18.5 Å². The molecule has 0 atom stereocenters. The Balaban J connectivity index is 1.42. The zero-order valence-electron chi connectivity index (χ0n) is 13.1. The lowest BCUT2D eigenvalue weighted by Crippen LogP contribution is -2.48. The number of hydrogen-bond acceptors (Lipinski definition) is 4. The summed E-state index contributed by atoms with van der Waals surface area (Å²) in [7, 11) is 0. The third-order valence-electron chi connectivity index (χ3n) is 4.36. The van der Waals surface area contributed by atoms with Crippen LogP contribution >= 0.6 is 0 Å².